The average molecular weight is 357 g/mol. The van der Waals surface area contributed by atoms with Crippen molar-refractivity contribution in [3.05, 3.63) is 29.6 Å². The molecule has 4 nitrogen and oxygen atoms in total. The smallest absolute Gasteiger partial charge is 0.225 e. The number of hydrogen-bond donors (Lipinski definition) is 1. The summed E-state index contributed by atoms with van der Waals surface area (Å²) in [5.41, 5.74) is 3.08. The molecule has 0 aromatic carbocycles. The molecule has 1 saturated heterocycles. The van der Waals surface area contributed by atoms with E-state index in [0.717, 1.165) is 13.1 Å². The van der Waals surface area contributed by atoms with Crippen LogP contribution in [0.2, 0.25) is 0 Å². The Kier molecular flexibility index (Phi) is 4.37. The van der Waals surface area contributed by atoms with Crippen molar-refractivity contribution in [1.82, 2.24) is 9.88 Å². The fourth-order valence-corrected chi connectivity index (χ4v) is 4.96. The maximum atomic E-state index is 12.4. The van der Waals surface area contributed by atoms with Crippen molar-refractivity contribution >= 4 is 5.91 Å². The van der Waals surface area contributed by atoms with Gasteiger partial charge in [0.05, 0.1) is 6.10 Å². The Balaban J connectivity index is 1.32. The number of hydrogen-bond acceptors (Lipinski definition) is 3. The van der Waals surface area contributed by atoms with Crippen LogP contribution in [0.5, 0.6) is 0 Å². The summed E-state index contributed by atoms with van der Waals surface area (Å²) in [6, 6.07) is 4.50. The van der Waals surface area contributed by atoms with Gasteiger partial charge >= 0.3 is 0 Å². The summed E-state index contributed by atoms with van der Waals surface area (Å²) in [5, 5.41) is 9.41. The molecule has 0 unspecified atom stereocenters. The zero-order valence-corrected chi connectivity index (χ0v) is 16.4. The molecule has 142 valence electrons. The van der Waals surface area contributed by atoms with E-state index in [-0.39, 0.29) is 23.3 Å². The Morgan fingerprint density at radius 2 is 1.88 bits per heavy atom. The molecule has 4 heteroatoms. The third-order valence-corrected chi connectivity index (χ3v) is 6.90. The van der Waals surface area contributed by atoms with Crippen LogP contribution in [0.25, 0.3) is 0 Å². The first-order valence-corrected chi connectivity index (χ1v) is 10.2. The highest BCUT2D eigenvalue weighted by atomic mass is 16.3. The molecule has 1 aliphatic heterocycles. The second-order valence-corrected chi connectivity index (χ2v) is 10.0. The first-order valence-electron chi connectivity index (χ1n) is 10.2. The van der Waals surface area contributed by atoms with Gasteiger partial charge in [-0.3, -0.25) is 9.78 Å². The molecule has 3 aliphatic rings. The van der Waals surface area contributed by atoms with Gasteiger partial charge < -0.3 is 10.0 Å². The van der Waals surface area contributed by atoms with E-state index in [1.165, 1.54) is 36.9 Å². The number of pyridine rings is 1. The predicted molar refractivity (Wildman–Crippen MR) is 102 cm³/mol. The van der Waals surface area contributed by atoms with Crippen LogP contribution in [0.4, 0.5) is 0 Å². The molecule has 1 aromatic heterocycles. The SMILES string of the molecule is CC(C)(C)c1cc(C2CCC3(CC2)CN(C(=O)C2CC(O)C2)C3)ccn1. The highest BCUT2D eigenvalue weighted by Crippen LogP contribution is 2.49. The molecule has 0 radical (unpaired) electrons. The second-order valence-electron chi connectivity index (χ2n) is 10.0. The largest absolute Gasteiger partial charge is 0.393 e. The molecule has 1 N–H and O–H groups in total. The number of carbonyl (C=O) groups is 1. The van der Waals surface area contributed by atoms with Crippen LogP contribution < -0.4 is 0 Å². The third kappa shape index (κ3) is 3.28. The van der Waals surface area contributed by atoms with Crippen LogP contribution in [0.15, 0.2) is 18.3 Å². The van der Waals surface area contributed by atoms with E-state index < -0.39 is 0 Å². The number of carbonyl (C=O) groups excluding carboxylic acids is 1. The second kappa shape index (κ2) is 6.33. The van der Waals surface area contributed by atoms with Crippen molar-refractivity contribution < 1.29 is 9.90 Å². The van der Waals surface area contributed by atoms with E-state index in [1.807, 2.05) is 11.1 Å². The van der Waals surface area contributed by atoms with E-state index >= 15 is 0 Å². The summed E-state index contributed by atoms with van der Waals surface area (Å²) < 4.78 is 0. The fourth-order valence-electron chi connectivity index (χ4n) is 4.96. The standard InChI is InChI=1S/C22H32N2O2/c1-21(2,3)19-12-16(6-9-23-19)15-4-7-22(8-5-15)13-24(14-22)20(26)17-10-18(25)11-17/h6,9,12,15,17-18,25H,4-5,7-8,10-11,13-14H2,1-3H3. The molecule has 0 atom stereocenters. The molecule has 1 amide bonds. The number of rotatable bonds is 2. The lowest BCUT2D eigenvalue weighted by molar-refractivity contribution is -0.157. The molecule has 26 heavy (non-hydrogen) atoms. The van der Waals surface area contributed by atoms with Gasteiger partial charge in [0.1, 0.15) is 0 Å². The average Bonchev–Trinajstić information content (AvgIpc) is 2.56. The Morgan fingerprint density at radius 3 is 2.46 bits per heavy atom. The zero-order valence-electron chi connectivity index (χ0n) is 16.4. The zero-order chi connectivity index (χ0) is 18.5. The van der Waals surface area contributed by atoms with Gasteiger partial charge in [-0.25, -0.2) is 0 Å². The summed E-state index contributed by atoms with van der Waals surface area (Å²) in [7, 11) is 0. The topological polar surface area (TPSA) is 53.4 Å². The lowest BCUT2D eigenvalue weighted by Gasteiger charge is -2.55. The van der Waals surface area contributed by atoms with Gasteiger partial charge in [0.25, 0.3) is 0 Å². The molecule has 2 aliphatic carbocycles. The van der Waals surface area contributed by atoms with E-state index in [4.69, 9.17) is 0 Å². The lowest BCUT2D eigenvalue weighted by atomic mass is 9.64. The minimum atomic E-state index is -0.243. The number of aromatic nitrogens is 1. The number of aliphatic hydroxyl groups is 1. The molecule has 2 saturated carbocycles. The third-order valence-electron chi connectivity index (χ3n) is 6.90. The summed E-state index contributed by atoms with van der Waals surface area (Å²) in [6.45, 7) is 8.53. The molecular formula is C22H32N2O2. The van der Waals surface area contributed by atoms with Gasteiger partial charge in [0, 0.05) is 41.7 Å². The first kappa shape index (κ1) is 18.0. The Morgan fingerprint density at radius 1 is 1.23 bits per heavy atom. The lowest BCUT2D eigenvalue weighted by Crippen LogP contribution is -2.61. The molecule has 1 aromatic rings. The van der Waals surface area contributed by atoms with Crippen molar-refractivity contribution in [2.75, 3.05) is 13.1 Å². The van der Waals surface area contributed by atoms with Gasteiger partial charge in [-0.2, -0.15) is 0 Å². The summed E-state index contributed by atoms with van der Waals surface area (Å²) >= 11 is 0. The fraction of sp³-hybridized carbons (Fsp3) is 0.727. The van der Waals surface area contributed by atoms with E-state index in [1.54, 1.807) is 0 Å². The van der Waals surface area contributed by atoms with Gasteiger partial charge in [0.15, 0.2) is 0 Å². The molecular weight excluding hydrogens is 324 g/mol. The van der Waals surface area contributed by atoms with Crippen molar-refractivity contribution in [3.8, 4) is 0 Å². The first-order chi connectivity index (χ1) is 12.3. The number of nitrogens with zero attached hydrogens (tertiary/aromatic N) is 2. The Bertz CT molecular complexity index is 672. The van der Waals surface area contributed by atoms with Crippen LogP contribution in [0, 0.1) is 11.3 Å². The van der Waals surface area contributed by atoms with Crippen molar-refractivity contribution in [3.63, 3.8) is 0 Å². The molecule has 0 bridgehead atoms. The van der Waals surface area contributed by atoms with Crippen LogP contribution >= 0.6 is 0 Å². The summed E-state index contributed by atoms with van der Waals surface area (Å²) in [4.78, 5) is 19.0. The minimum Gasteiger partial charge on any atom is -0.393 e. The van der Waals surface area contributed by atoms with Gasteiger partial charge in [0.2, 0.25) is 5.91 Å². The normalized spacial score (nSPS) is 28.5. The molecule has 3 fully saturated rings. The molecule has 4 rings (SSSR count). The Labute approximate surface area is 157 Å². The van der Waals surface area contributed by atoms with E-state index in [2.05, 4.69) is 37.9 Å². The minimum absolute atomic E-state index is 0.0892. The van der Waals surface area contributed by atoms with Crippen LogP contribution in [-0.4, -0.2) is 40.1 Å². The van der Waals surface area contributed by atoms with Crippen molar-refractivity contribution in [2.24, 2.45) is 11.3 Å². The number of likely N-dealkylation sites (tertiary alicyclic amines) is 1. The highest BCUT2D eigenvalue weighted by Gasteiger charge is 2.49. The molecule has 2 heterocycles. The van der Waals surface area contributed by atoms with Crippen molar-refractivity contribution in [1.29, 1.82) is 0 Å². The number of aliphatic hydroxyl groups excluding tert-OH is 1. The van der Waals surface area contributed by atoms with Crippen molar-refractivity contribution in [2.45, 2.75) is 76.7 Å². The van der Waals surface area contributed by atoms with Crippen LogP contribution in [0.1, 0.15) is 76.5 Å². The van der Waals surface area contributed by atoms with Gasteiger partial charge in [-0.1, -0.05) is 20.8 Å². The number of amides is 1. The van der Waals surface area contributed by atoms with E-state index in [0.29, 0.717) is 24.2 Å². The monoisotopic (exact) mass is 356 g/mol. The quantitative estimate of drug-likeness (QED) is 0.880. The summed E-state index contributed by atoms with van der Waals surface area (Å²) in [5.74, 6) is 1.01. The predicted octanol–water partition coefficient (Wildman–Crippen LogP) is 3.64. The summed E-state index contributed by atoms with van der Waals surface area (Å²) in [6.07, 6.45) is 7.95. The van der Waals surface area contributed by atoms with Gasteiger partial charge in [-0.05, 0) is 62.1 Å². The highest BCUT2D eigenvalue weighted by molar-refractivity contribution is 5.80. The van der Waals surface area contributed by atoms with Crippen LogP contribution in [-0.2, 0) is 10.2 Å². The Hall–Kier alpha value is -1.42. The maximum Gasteiger partial charge on any atom is 0.225 e. The molecule has 1 spiro atoms. The van der Waals surface area contributed by atoms with Crippen LogP contribution in [0.3, 0.4) is 0 Å². The van der Waals surface area contributed by atoms with E-state index in [9.17, 15) is 9.90 Å². The maximum absolute atomic E-state index is 12.4. The van der Waals surface area contributed by atoms with Gasteiger partial charge in [-0.15, -0.1) is 0 Å².